The van der Waals surface area contributed by atoms with E-state index in [4.69, 9.17) is 4.74 Å². The molecule has 0 atom stereocenters. The number of hydrogen-bond donors (Lipinski definition) is 1. The van der Waals surface area contributed by atoms with Gasteiger partial charge in [0, 0.05) is 33.6 Å². The lowest BCUT2D eigenvalue weighted by molar-refractivity contribution is -0.149. The molecular weight excluding hydrogens is 390 g/mol. The Bertz CT molecular complexity index is 1010. The van der Waals surface area contributed by atoms with Crippen LogP contribution in [0.3, 0.4) is 0 Å². The zero-order valence-electron chi connectivity index (χ0n) is 16.4. The molecule has 0 unspecified atom stereocenters. The molecule has 0 heterocycles. The minimum absolute atomic E-state index is 0.220. The summed E-state index contributed by atoms with van der Waals surface area (Å²) in [7, 11) is 1.34. The van der Waals surface area contributed by atoms with Crippen molar-refractivity contribution in [2.45, 2.75) is 13.8 Å². The van der Waals surface area contributed by atoms with Crippen LogP contribution < -0.4 is 5.32 Å². The van der Waals surface area contributed by atoms with Gasteiger partial charge in [-0.25, -0.2) is 0 Å². The largest absolute Gasteiger partial charge is 0.469 e. The number of rotatable bonds is 6. The van der Waals surface area contributed by atoms with E-state index in [-0.39, 0.29) is 29.0 Å². The molecule has 1 aliphatic rings. The molecular formula is C22H21NO5S. The zero-order chi connectivity index (χ0) is 21.2. The molecule has 0 radical (unpaired) electrons. The fraction of sp³-hybridized carbons (Fsp3) is 0.273. The normalized spacial score (nSPS) is 12.8. The summed E-state index contributed by atoms with van der Waals surface area (Å²) in [5.74, 6) is -0.369. The third-order valence-corrected chi connectivity index (χ3v) is 6.00. The molecule has 29 heavy (non-hydrogen) atoms. The first-order valence-electron chi connectivity index (χ1n) is 9.03. The second-order valence-corrected chi connectivity index (χ2v) is 8.32. The minimum Gasteiger partial charge on any atom is -0.469 e. The molecule has 0 bridgehead atoms. The Kier molecular flexibility index (Phi) is 5.88. The van der Waals surface area contributed by atoms with Crippen molar-refractivity contribution >= 4 is 35.2 Å². The smallest absolute Gasteiger partial charge is 0.312 e. The summed E-state index contributed by atoms with van der Waals surface area (Å²) in [4.78, 5) is 49.5. The van der Waals surface area contributed by atoms with Gasteiger partial charge in [0.05, 0.1) is 18.4 Å². The highest BCUT2D eigenvalue weighted by Gasteiger charge is 2.30. The van der Waals surface area contributed by atoms with Crippen molar-refractivity contribution in [3.8, 4) is 0 Å². The first-order valence-corrected chi connectivity index (χ1v) is 10.2. The first kappa shape index (κ1) is 20.8. The molecule has 0 aromatic heterocycles. The van der Waals surface area contributed by atoms with Gasteiger partial charge in [-0.2, -0.15) is 0 Å². The van der Waals surface area contributed by atoms with Crippen molar-refractivity contribution < 1.29 is 23.9 Å². The van der Waals surface area contributed by atoms with Crippen LogP contribution in [0.25, 0.3) is 0 Å². The monoisotopic (exact) mass is 411 g/mol. The van der Waals surface area contributed by atoms with E-state index in [1.165, 1.54) is 37.1 Å². The van der Waals surface area contributed by atoms with Crippen LogP contribution in [0.5, 0.6) is 0 Å². The lowest BCUT2D eigenvalue weighted by atomic mass is 9.83. The van der Waals surface area contributed by atoms with E-state index in [0.717, 1.165) is 0 Å². The molecule has 150 valence electrons. The van der Waals surface area contributed by atoms with Gasteiger partial charge in [0.15, 0.2) is 11.6 Å². The molecule has 0 fully saturated rings. The van der Waals surface area contributed by atoms with Gasteiger partial charge < -0.3 is 10.1 Å². The predicted octanol–water partition coefficient (Wildman–Crippen LogP) is 3.08. The zero-order valence-corrected chi connectivity index (χ0v) is 17.2. The third kappa shape index (κ3) is 4.10. The second-order valence-electron chi connectivity index (χ2n) is 7.34. The number of thioether (sulfide) groups is 1. The highest BCUT2D eigenvalue weighted by Crippen LogP contribution is 2.28. The molecule has 0 aliphatic heterocycles. The number of methoxy groups -OCH3 is 1. The van der Waals surface area contributed by atoms with E-state index in [1.807, 2.05) is 0 Å². The number of nitrogens with one attached hydrogen (secondary N) is 1. The van der Waals surface area contributed by atoms with Gasteiger partial charge in [-0.1, -0.05) is 24.3 Å². The van der Waals surface area contributed by atoms with Crippen LogP contribution in [-0.4, -0.2) is 42.2 Å². The molecule has 2 aromatic rings. The van der Waals surface area contributed by atoms with Crippen molar-refractivity contribution in [1.29, 1.82) is 0 Å². The molecule has 3 rings (SSSR count). The van der Waals surface area contributed by atoms with Gasteiger partial charge in [0.2, 0.25) is 0 Å². The number of ether oxygens (including phenoxy) is 1. The average molecular weight is 411 g/mol. The van der Waals surface area contributed by atoms with E-state index in [1.54, 1.807) is 38.1 Å². The number of benzene rings is 2. The summed E-state index contributed by atoms with van der Waals surface area (Å²) in [5, 5.41) is 2.76. The quantitative estimate of drug-likeness (QED) is 0.381. The minimum atomic E-state index is -0.657. The number of amides is 1. The van der Waals surface area contributed by atoms with Gasteiger partial charge in [0.1, 0.15) is 0 Å². The Morgan fingerprint density at radius 2 is 1.55 bits per heavy atom. The Labute approximate surface area is 173 Å². The van der Waals surface area contributed by atoms with Gasteiger partial charge >= 0.3 is 5.97 Å². The highest BCUT2D eigenvalue weighted by molar-refractivity contribution is 7.99. The van der Waals surface area contributed by atoms with Crippen LogP contribution in [0.2, 0.25) is 0 Å². The Morgan fingerprint density at radius 3 is 2.17 bits per heavy atom. The van der Waals surface area contributed by atoms with E-state index in [0.29, 0.717) is 33.9 Å². The number of fused-ring (bicyclic) bond motifs is 2. The van der Waals surface area contributed by atoms with E-state index >= 15 is 0 Å². The maximum Gasteiger partial charge on any atom is 0.312 e. The van der Waals surface area contributed by atoms with Crippen molar-refractivity contribution in [3.05, 3.63) is 70.3 Å². The molecule has 0 saturated carbocycles. The molecule has 6 nitrogen and oxygen atoms in total. The van der Waals surface area contributed by atoms with Gasteiger partial charge in [0.25, 0.3) is 5.91 Å². The molecule has 7 heteroatoms. The van der Waals surface area contributed by atoms with Gasteiger partial charge in [-0.05, 0) is 32.0 Å². The van der Waals surface area contributed by atoms with Crippen LogP contribution in [0, 0.1) is 5.41 Å². The van der Waals surface area contributed by atoms with E-state index in [2.05, 4.69) is 5.32 Å². The molecule has 2 aromatic carbocycles. The van der Waals surface area contributed by atoms with E-state index in [9.17, 15) is 19.2 Å². The second kappa shape index (κ2) is 8.21. The topological polar surface area (TPSA) is 89.5 Å². The van der Waals surface area contributed by atoms with Crippen molar-refractivity contribution in [1.82, 2.24) is 5.32 Å². The summed E-state index contributed by atoms with van der Waals surface area (Å²) in [6, 6.07) is 11.2. The average Bonchev–Trinajstić information content (AvgIpc) is 2.73. The summed E-state index contributed by atoms with van der Waals surface area (Å²) in [6.45, 7) is 3.55. The molecule has 0 saturated heterocycles. The summed E-state index contributed by atoms with van der Waals surface area (Å²) in [6.07, 6.45) is 0. The SMILES string of the molecule is COC(=O)C(C)(C)CSCNC(=O)c1ccc2c(c1)C(=O)c1ccccc1C2=O. The summed E-state index contributed by atoms with van der Waals surface area (Å²) < 4.78 is 4.76. The standard InChI is InChI=1S/C22H21NO5S/c1-22(2,21(27)28-3)11-29-12-23-20(26)13-8-9-16-17(10-13)19(25)15-7-5-4-6-14(15)18(16)24/h4-10H,11-12H2,1-3H3,(H,23,26). The number of hydrogen-bond acceptors (Lipinski definition) is 6. The van der Waals surface area contributed by atoms with Crippen molar-refractivity contribution in [2.75, 3.05) is 18.7 Å². The Balaban J connectivity index is 1.69. The number of carbonyl (C=O) groups excluding carboxylic acids is 4. The highest BCUT2D eigenvalue weighted by atomic mass is 32.2. The predicted molar refractivity (Wildman–Crippen MR) is 110 cm³/mol. The van der Waals surface area contributed by atoms with Crippen molar-refractivity contribution in [2.24, 2.45) is 5.41 Å². The first-order chi connectivity index (χ1) is 13.8. The maximum absolute atomic E-state index is 12.8. The van der Waals surface area contributed by atoms with Crippen LogP contribution in [-0.2, 0) is 9.53 Å². The summed E-state index contributed by atoms with van der Waals surface area (Å²) in [5.41, 5.74) is 0.920. The Morgan fingerprint density at radius 1 is 0.966 bits per heavy atom. The lowest BCUT2D eigenvalue weighted by Gasteiger charge is -2.20. The molecule has 1 amide bonds. The maximum atomic E-state index is 12.8. The van der Waals surface area contributed by atoms with Crippen molar-refractivity contribution in [3.63, 3.8) is 0 Å². The molecule has 1 aliphatic carbocycles. The fourth-order valence-corrected chi connectivity index (χ4v) is 4.06. The molecule has 0 spiro atoms. The summed E-state index contributed by atoms with van der Waals surface area (Å²) >= 11 is 1.39. The number of carbonyl (C=O) groups is 4. The third-order valence-electron chi connectivity index (χ3n) is 4.72. The number of esters is 1. The Hall–Kier alpha value is -2.93. The number of ketones is 2. The molecule has 1 N–H and O–H groups in total. The van der Waals surface area contributed by atoms with Crippen LogP contribution >= 0.6 is 11.8 Å². The van der Waals surface area contributed by atoms with Crippen LogP contribution in [0.4, 0.5) is 0 Å². The van der Waals surface area contributed by atoms with Crippen LogP contribution in [0.1, 0.15) is 56.0 Å². The van der Waals surface area contributed by atoms with Crippen LogP contribution in [0.15, 0.2) is 42.5 Å². The van der Waals surface area contributed by atoms with E-state index < -0.39 is 5.41 Å². The lowest BCUT2D eigenvalue weighted by Crippen LogP contribution is -2.30. The fourth-order valence-electron chi connectivity index (χ4n) is 3.10. The van der Waals surface area contributed by atoms with Gasteiger partial charge in [-0.15, -0.1) is 11.8 Å². The van der Waals surface area contributed by atoms with Gasteiger partial charge in [-0.3, -0.25) is 19.2 Å².